The molecule has 0 saturated carbocycles. The zero-order valence-corrected chi connectivity index (χ0v) is 13.3. The summed E-state index contributed by atoms with van der Waals surface area (Å²) in [5.74, 6) is 3.37. The highest BCUT2D eigenvalue weighted by Gasteiger charge is 2.39. The third-order valence-corrected chi connectivity index (χ3v) is 4.05. The molecule has 2 aromatic rings. The van der Waals surface area contributed by atoms with Crippen LogP contribution in [0.15, 0.2) is 46.9 Å². The minimum Gasteiger partial charge on any atom is -0.352 e. The topological polar surface area (TPSA) is 82.5 Å². The van der Waals surface area contributed by atoms with Gasteiger partial charge in [-0.05, 0) is 5.56 Å². The molecule has 0 bridgehead atoms. The van der Waals surface area contributed by atoms with Crippen LogP contribution in [0.3, 0.4) is 0 Å². The lowest BCUT2D eigenvalue weighted by Gasteiger charge is -2.11. The van der Waals surface area contributed by atoms with E-state index in [0.717, 1.165) is 23.4 Å². The van der Waals surface area contributed by atoms with Gasteiger partial charge in [-0.15, -0.1) is 12.3 Å². The predicted octanol–water partition coefficient (Wildman–Crippen LogP) is 3.05. The highest BCUT2D eigenvalue weighted by Crippen LogP contribution is 2.37. The maximum Gasteiger partial charge on any atom is 0.220 e. The van der Waals surface area contributed by atoms with Crippen LogP contribution >= 0.6 is 0 Å². The molecule has 24 heavy (non-hydrogen) atoms. The van der Waals surface area contributed by atoms with Crippen LogP contribution in [0, 0.1) is 12.3 Å². The highest BCUT2D eigenvalue weighted by molar-refractivity contribution is 5.76. The molecule has 6 heteroatoms. The van der Waals surface area contributed by atoms with Crippen LogP contribution in [0.25, 0.3) is 11.4 Å². The number of carbonyl (C=O) groups excluding carboxylic acids is 1. The van der Waals surface area contributed by atoms with Crippen LogP contribution in [-0.4, -0.2) is 21.5 Å². The van der Waals surface area contributed by atoms with Gasteiger partial charge in [0.05, 0.1) is 0 Å². The maximum atomic E-state index is 12.1. The third-order valence-electron chi connectivity index (χ3n) is 4.05. The second kappa shape index (κ2) is 7.09. The summed E-state index contributed by atoms with van der Waals surface area (Å²) in [5, 5.41) is 11.0. The summed E-state index contributed by atoms with van der Waals surface area (Å²) in [6.45, 7) is 0.460. The molecule has 0 radical (unpaired) electrons. The van der Waals surface area contributed by atoms with Gasteiger partial charge in [-0.2, -0.15) is 10.2 Å². The van der Waals surface area contributed by atoms with Gasteiger partial charge in [0.2, 0.25) is 5.91 Å². The molecule has 0 saturated heterocycles. The number of H-pyrrole nitrogens is 1. The van der Waals surface area contributed by atoms with Crippen LogP contribution in [0.4, 0.5) is 0 Å². The van der Waals surface area contributed by atoms with Crippen molar-refractivity contribution in [3.05, 3.63) is 42.2 Å². The Hall–Kier alpha value is -2.94. The number of benzene rings is 1. The lowest BCUT2D eigenvalue weighted by Crippen LogP contribution is -2.25. The summed E-state index contributed by atoms with van der Waals surface area (Å²) < 4.78 is 0. The Kier molecular flexibility index (Phi) is 4.71. The van der Waals surface area contributed by atoms with Gasteiger partial charge in [0.15, 0.2) is 5.66 Å². The summed E-state index contributed by atoms with van der Waals surface area (Å²) >= 11 is 0. The molecule has 0 atom stereocenters. The Balaban J connectivity index is 1.51. The number of rotatable bonds is 8. The van der Waals surface area contributed by atoms with E-state index in [1.807, 2.05) is 24.3 Å². The number of nitrogens with zero attached hydrogens (tertiary/aromatic N) is 3. The molecule has 1 aliphatic rings. The number of carbonyl (C=O) groups is 1. The number of hydrogen-bond acceptors (Lipinski definition) is 4. The standard InChI is InChI=1S/C18H19N5O/c1-2-3-9-18(22-23-18)10-8-16(24)21-13-14-6-4-5-7-15(14)17-19-11-12-20-17/h1,4-7,11-12H,3,8-10,13H2,(H,19,20)(H,21,24). The number of nitrogens with one attached hydrogen (secondary N) is 2. The van der Waals surface area contributed by atoms with Crippen LogP contribution in [-0.2, 0) is 11.3 Å². The number of amides is 1. The molecule has 1 amide bonds. The van der Waals surface area contributed by atoms with E-state index in [9.17, 15) is 4.79 Å². The Bertz CT molecular complexity index is 767. The van der Waals surface area contributed by atoms with E-state index >= 15 is 0 Å². The fourth-order valence-electron chi connectivity index (χ4n) is 2.58. The molecule has 0 aliphatic carbocycles. The molecule has 0 spiro atoms. The predicted molar refractivity (Wildman–Crippen MR) is 90.8 cm³/mol. The Morgan fingerprint density at radius 1 is 1.29 bits per heavy atom. The normalized spacial score (nSPS) is 14.1. The van der Waals surface area contributed by atoms with Gasteiger partial charge in [0, 0.05) is 50.2 Å². The van der Waals surface area contributed by atoms with E-state index in [0.29, 0.717) is 25.8 Å². The number of aromatic amines is 1. The van der Waals surface area contributed by atoms with Crippen LogP contribution in [0.2, 0.25) is 0 Å². The van der Waals surface area contributed by atoms with Crippen molar-refractivity contribution < 1.29 is 4.79 Å². The van der Waals surface area contributed by atoms with Crippen molar-refractivity contribution in [2.45, 2.75) is 37.9 Å². The van der Waals surface area contributed by atoms with Gasteiger partial charge >= 0.3 is 0 Å². The molecule has 122 valence electrons. The zero-order valence-electron chi connectivity index (χ0n) is 13.3. The first-order valence-corrected chi connectivity index (χ1v) is 7.94. The van der Waals surface area contributed by atoms with E-state index in [1.54, 1.807) is 12.4 Å². The lowest BCUT2D eigenvalue weighted by molar-refractivity contribution is -0.121. The van der Waals surface area contributed by atoms with Crippen molar-refractivity contribution in [3.8, 4) is 23.7 Å². The van der Waals surface area contributed by atoms with Crippen LogP contribution in [0.5, 0.6) is 0 Å². The SMILES string of the molecule is C#CCCC1(CCC(=O)NCc2ccccc2-c2ncc[nH]2)N=N1. The van der Waals surface area contributed by atoms with Gasteiger partial charge in [-0.1, -0.05) is 24.3 Å². The molecule has 3 rings (SSSR count). The fourth-order valence-corrected chi connectivity index (χ4v) is 2.58. The van der Waals surface area contributed by atoms with E-state index in [-0.39, 0.29) is 5.91 Å². The summed E-state index contributed by atoms with van der Waals surface area (Å²) in [7, 11) is 0. The van der Waals surface area contributed by atoms with Crippen molar-refractivity contribution in [2.75, 3.05) is 0 Å². The van der Waals surface area contributed by atoms with Crippen molar-refractivity contribution in [3.63, 3.8) is 0 Å². The Morgan fingerprint density at radius 2 is 2.12 bits per heavy atom. The number of hydrogen-bond donors (Lipinski definition) is 2. The molecule has 2 N–H and O–H groups in total. The van der Waals surface area contributed by atoms with Gasteiger partial charge in [-0.3, -0.25) is 4.79 Å². The summed E-state index contributed by atoms with van der Waals surface area (Å²) in [4.78, 5) is 19.5. The average Bonchev–Trinajstić information content (AvgIpc) is 3.17. The highest BCUT2D eigenvalue weighted by atomic mass is 16.1. The molecular formula is C18H19N5O. The maximum absolute atomic E-state index is 12.1. The second-order valence-electron chi connectivity index (χ2n) is 5.76. The summed E-state index contributed by atoms with van der Waals surface area (Å²) in [5.41, 5.74) is 1.60. The first-order chi connectivity index (χ1) is 11.7. The van der Waals surface area contributed by atoms with Crippen molar-refractivity contribution in [1.29, 1.82) is 0 Å². The van der Waals surface area contributed by atoms with E-state index < -0.39 is 5.66 Å². The largest absolute Gasteiger partial charge is 0.352 e. The Morgan fingerprint density at radius 3 is 2.83 bits per heavy atom. The lowest BCUT2D eigenvalue weighted by atomic mass is 10.0. The van der Waals surface area contributed by atoms with Gasteiger partial charge in [0.25, 0.3) is 0 Å². The molecule has 1 aromatic carbocycles. The van der Waals surface area contributed by atoms with E-state index in [2.05, 4.69) is 31.4 Å². The quantitative estimate of drug-likeness (QED) is 0.733. The smallest absolute Gasteiger partial charge is 0.220 e. The van der Waals surface area contributed by atoms with Gasteiger partial charge in [0.1, 0.15) is 5.82 Å². The van der Waals surface area contributed by atoms with Gasteiger partial charge < -0.3 is 10.3 Å². The average molecular weight is 321 g/mol. The van der Waals surface area contributed by atoms with E-state index in [1.165, 1.54) is 0 Å². The van der Waals surface area contributed by atoms with E-state index in [4.69, 9.17) is 6.42 Å². The van der Waals surface area contributed by atoms with Crippen molar-refractivity contribution >= 4 is 5.91 Å². The zero-order chi connectivity index (χ0) is 16.8. The third kappa shape index (κ3) is 3.87. The van der Waals surface area contributed by atoms with Crippen molar-refractivity contribution in [2.24, 2.45) is 10.2 Å². The molecule has 0 unspecified atom stereocenters. The molecule has 6 nitrogen and oxygen atoms in total. The van der Waals surface area contributed by atoms with Crippen LogP contribution in [0.1, 0.15) is 31.2 Å². The minimum atomic E-state index is -0.407. The monoisotopic (exact) mass is 321 g/mol. The minimum absolute atomic E-state index is 0.0124. The molecule has 1 aliphatic heterocycles. The summed E-state index contributed by atoms with van der Waals surface area (Å²) in [6.07, 6.45) is 11.1. The van der Waals surface area contributed by atoms with Crippen LogP contribution < -0.4 is 5.32 Å². The van der Waals surface area contributed by atoms with Crippen molar-refractivity contribution in [1.82, 2.24) is 15.3 Å². The fraction of sp³-hybridized carbons (Fsp3) is 0.333. The van der Waals surface area contributed by atoms with Gasteiger partial charge in [-0.25, -0.2) is 4.98 Å². The first kappa shape index (κ1) is 15.9. The molecule has 2 heterocycles. The Labute approximate surface area is 140 Å². The summed E-state index contributed by atoms with van der Waals surface area (Å²) in [6, 6.07) is 7.87. The number of terminal acetylenes is 1. The number of imidazole rings is 1. The molecular weight excluding hydrogens is 302 g/mol. The second-order valence-corrected chi connectivity index (χ2v) is 5.76. The molecule has 0 fully saturated rings. The molecule has 1 aromatic heterocycles. The first-order valence-electron chi connectivity index (χ1n) is 7.94. The number of aromatic nitrogens is 2.